The Morgan fingerprint density at radius 3 is 2.23 bits per heavy atom. The summed E-state index contributed by atoms with van der Waals surface area (Å²) in [6.45, 7) is 1.42. The first kappa shape index (κ1) is 34.7. The van der Waals surface area contributed by atoms with E-state index in [0.29, 0.717) is 15.2 Å². The third-order valence-corrected chi connectivity index (χ3v) is 11.0. The van der Waals surface area contributed by atoms with Gasteiger partial charge in [0.1, 0.15) is 12.6 Å². The summed E-state index contributed by atoms with van der Waals surface area (Å²) in [6, 6.07) is 29.2. The van der Waals surface area contributed by atoms with Gasteiger partial charge in [-0.2, -0.15) is 0 Å². The van der Waals surface area contributed by atoms with Crippen LogP contribution in [0.15, 0.2) is 112 Å². The molecule has 1 N–H and O–H groups in total. The van der Waals surface area contributed by atoms with Crippen molar-refractivity contribution in [3.63, 3.8) is 0 Å². The molecule has 1 saturated carbocycles. The molecular weight excluding hydrogens is 698 g/mol. The van der Waals surface area contributed by atoms with Crippen LogP contribution in [0.25, 0.3) is 0 Å². The molecular formula is C37H39BrClN3O4S. The van der Waals surface area contributed by atoms with Gasteiger partial charge in [0.05, 0.1) is 10.6 Å². The molecule has 2 amide bonds. The quantitative estimate of drug-likeness (QED) is 0.162. The molecule has 5 rings (SSSR count). The Morgan fingerprint density at radius 1 is 0.872 bits per heavy atom. The standard InChI is InChI=1S/C37H39BrClN3O4S/c1-27-18-20-34(21-19-27)47(45,46)42(33-17-9-13-30(38)24-33)26-36(43)41(25-29-12-8-14-31(39)22-29)35(23-28-10-4-2-5-11-28)37(44)40-32-15-6-3-7-16-32/h2,4-5,8-14,17-22,24,32,35H,3,6-7,15-16,23,25-26H2,1H3,(H,40,44)/t35-/m0/s1. The van der Waals surface area contributed by atoms with Gasteiger partial charge in [0.25, 0.3) is 10.0 Å². The Morgan fingerprint density at radius 2 is 1.55 bits per heavy atom. The maximum Gasteiger partial charge on any atom is 0.264 e. The number of nitrogens with one attached hydrogen (secondary N) is 1. The van der Waals surface area contributed by atoms with Crippen molar-refractivity contribution < 1.29 is 18.0 Å². The first-order chi connectivity index (χ1) is 22.6. The number of sulfonamides is 1. The molecule has 7 nitrogen and oxygen atoms in total. The van der Waals surface area contributed by atoms with E-state index in [1.165, 1.54) is 4.90 Å². The summed E-state index contributed by atoms with van der Waals surface area (Å²) >= 11 is 9.81. The van der Waals surface area contributed by atoms with E-state index in [2.05, 4.69) is 21.2 Å². The molecule has 0 aliphatic heterocycles. The molecule has 1 aliphatic carbocycles. The van der Waals surface area contributed by atoms with Gasteiger partial charge in [-0.3, -0.25) is 13.9 Å². The lowest BCUT2D eigenvalue weighted by atomic mass is 9.94. The van der Waals surface area contributed by atoms with Crippen LogP contribution >= 0.6 is 27.5 Å². The number of hydrogen-bond acceptors (Lipinski definition) is 4. The van der Waals surface area contributed by atoms with Gasteiger partial charge in [-0.15, -0.1) is 0 Å². The number of carbonyl (C=O) groups is 2. The second-order valence-electron chi connectivity index (χ2n) is 12.0. The van der Waals surface area contributed by atoms with Crippen molar-refractivity contribution in [3.05, 3.63) is 129 Å². The zero-order chi connectivity index (χ0) is 33.4. The number of rotatable bonds is 12. The van der Waals surface area contributed by atoms with Gasteiger partial charge in [0.15, 0.2) is 0 Å². The second kappa shape index (κ2) is 16.0. The molecule has 1 aliphatic rings. The molecule has 1 atom stereocenters. The van der Waals surface area contributed by atoms with E-state index in [1.807, 2.05) is 43.3 Å². The Labute approximate surface area is 291 Å². The van der Waals surface area contributed by atoms with Gasteiger partial charge in [-0.1, -0.05) is 113 Å². The molecule has 4 aromatic carbocycles. The maximum absolute atomic E-state index is 14.7. The Kier molecular flexibility index (Phi) is 11.8. The van der Waals surface area contributed by atoms with Crippen molar-refractivity contribution in [3.8, 4) is 0 Å². The topological polar surface area (TPSA) is 86.8 Å². The van der Waals surface area contributed by atoms with E-state index >= 15 is 0 Å². The molecule has 0 bridgehead atoms. The van der Waals surface area contributed by atoms with E-state index in [4.69, 9.17) is 11.6 Å². The Balaban J connectivity index is 1.56. The lowest BCUT2D eigenvalue weighted by Gasteiger charge is -2.35. The van der Waals surface area contributed by atoms with Crippen LogP contribution in [-0.2, 0) is 32.6 Å². The monoisotopic (exact) mass is 735 g/mol. The zero-order valence-electron chi connectivity index (χ0n) is 26.3. The van der Waals surface area contributed by atoms with Crippen LogP contribution in [0.4, 0.5) is 5.69 Å². The summed E-state index contributed by atoms with van der Waals surface area (Å²) in [4.78, 5) is 30.4. The van der Waals surface area contributed by atoms with Crippen LogP contribution in [0, 0.1) is 6.92 Å². The number of anilines is 1. The summed E-state index contributed by atoms with van der Waals surface area (Å²) < 4.78 is 30.2. The molecule has 4 aromatic rings. The first-order valence-electron chi connectivity index (χ1n) is 15.8. The number of halogens is 2. The van der Waals surface area contributed by atoms with Crippen LogP contribution in [0.5, 0.6) is 0 Å². The lowest BCUT2D eigenvalue weighted by molar-refractivity contribution is -0.140. The summed E-state index contributed by atoms with van der Waals surface area (Å²) in [7, 11) is -4.18. The fourth-order valence-electron chi connectivity index (χ4n) is 5.93. The SMILES string of the molecule is Cc1ccc(S(=O)(=O)N(CC(=O)N(Cc2cccc(Cl)c2)[C@@H](Cc2ccccc2)C(=O)NC2CCCCC2)c2cccc(Br)c2)cc1. The zero-order valence-corrected chi connectivity index (χ0v) is 29.5. The number of carbonyl (C=O) groups excluding carboxylic acids is 2. The van der Waals surface area contributed by atoms with E-state index in [-0.39, 0.29) is 29.8 Å². The molecule has 10 heteroatoms. The van der Waals surface area contributed by atoms with Crippen molar-refractivity contribution in [1.29, 1.82) is 0 Å². The first-order valence-corrected chi connectivity index (χ1v) is 18.4. The number of hydrogen-bond donors (Lipinski definition) is 1. The highest BCUT2D eigenvalue weighted by atomic mass is 79.9. The van der Waals surface area contributed by atoms with Gasteiger partial charge >= 0.3 is 0 Å². The van der Waals surface area contributed by atoms with Crippen molar-refractivity contribution >= 4 is 55.1 Å². The van der Waals surface area contributed by atoms with Crippen LogP contribution in [-0.4, -0.2) is 43.8 Å². The van der Waals surface area contributed by atoms with Crippen LogP contribution in [0.2, 0.25) is 5.02 Å². The number of nitrogens with zero attached hydrogens (tertiary/aromatic N) is 2. The highest BCUT2D eigenvalue weighted by Gasteiger charge is 2.35. The smallest absolute Gasteiger partial charge is 0.264 e. The fraction of sp³-hybridized carbons (Fsp3) is 0.297. The third-order valence-electron chi connectivity index (χ3n) is 8.45. The van der Waals surface area contributed by atoms with Crippen molar-refractivity contribution in [1.82, 2.24) is 10.2 Å². The molecule has 0 spiro atoms. The van der Waals surface area contributed by atoms with Crippen molar-refractivity contribution in [2.75, 3.05) is 10.8 Å². The molecule has 246 valence electrons. The molecule has 0 aromatic heterocycles. The van der Waals surface area contributed by atoms with Crippen LogP contribution in [0.1, 0.15) is 48.8 Å². The summed E-state index contributed by atoms with van der Waals surface area (Å²) in [6.07, 6.45) is 5.25. The fourth-order valence-corrected chi connectivity index (χ4v) is 7.93. The molecule has 0 saturated heterocycles. The predicted molar refractivity (Wildman–Crippen MR) is 191 cm³/mol. The Hall–Kier alpha value is -3.66. The van der Waals surface area contributed by atoms with E-state index in [9.17, 15) is 18.0 Å². The summed E-state index contributed by atoms with van der Waals surface area (Å²) in [5, 5.41) is 3.73. The van der Waals surface area contributed by atoms with Crippen molar-refractivity contribution in [2.24, 2.45) is 0 Å². The molecule has 0 radical (unpaired) electrons. The highest BCUT2D eigenvalue weighted by molar-refractivity contribution is 9.10. The Bertz CT molecular complexity index is 1780. The molecule has 47 heavy (non-hydrogen) atoms. The number of aryl methyl sites for hydroxylation is 1. The molecule has 0 heterocycles. The normalized spacial score (nSPS) is 14.3. The van der Waals surface area contributed by atoms with Gasteiger partial charge in [-0.05, 0) is 73.4 Å². The minimum absolute atomic E-state index is 0.0257. The second-order valence-corrected chi connectivity index (χ2v) is 15.2. The van der Waals surface area contributed by atoms with Gasteiger partial charge in [0, 0.05) is 28.5 Å². The largest absolute Gasteiger partial charge is 0.352 e. The summed E-state index contributed by atoms with van der Waals surface area (Å²) in [5.41, 5.74) is 2.85. The third kappa shape index (κ3) is 9.24. The highest BCUT2D eigenvalue weighted by Crippen LogP contribution is 2.28. The average Bonchev–Trinajstić information content (AvgIpc) is 3.06. The molecule has 0 unspecified atom stereocenters. The van der Waals surface area contributed by atoms with E-state index < -0.39 is 28.5 Å². The van der Waals surface area contributed by atoms with Crippen molar-refractivity contribution in [2.45, 2.75) is 69.0 Å². The predicted octanol–water partition coefficient (Wildman–Crippen LogP) is 7.70. The number of amides is 2. The van der Waals surface area contributed by atoms with Gasteiger partial charge in [-0.25, -0.2) is 8.42 Å². The van der Waals surface area contributed by atoms with Crippen LogP contribution < -0.4 is 9.62 Å². The molecule has 1 fully saturated rings. The van der Waals surface area contributed by atoms with Gasteiger partial charge in [0.2, 0.25) is 11.8 Å². The van der Waals surface area contributed by atoms with E-state index in [0.717, 1.165) is 53.1 Å². The minimum atomic E-state index is -4.18. The lowest BCUT2D eigenvalue weighted by Crippen LogP contribution is -2.55. The van der Waals surface area contributed by atoms with Gasteiger partial charge < -0.3 is 10.2 Å². The average molecular weight is 737 g/mol. The van der Waals surface area contributed by atoms with E-state index in [1.54, 1.807) is 66.7 Å². The van der Waals surface area contributed by atoms with Crippen LogP contribution in [0.3, 0.4) is 0 Å². The maximum atomic E-state index is 14.7. The number of benzene rings is 4. The summed E-state index contributed by atoms with van der Waals surface area (Å²) in [5.74, 6) is -0.771. The minimum Gasteiger partial charge on any atom is -0.352 e.